The minimum absolute atomic E-state index is 0.125. The second kappa shape index (κ2) is 11.7. The van der Waals surface area contributed by atoms with Gasteiger partial charge in [0.15, 0.2) is 0 Å². The summed E-state index contributed by atoms with van der Waals surface area (Å²) in [5.74, 6) is -0.125. The second-order valence-corrected chi connectivity index (χ2v) is 10.6. The molecule has 1 aliphatic rings. The fourth-order valence-corrected chi connectivity index (χ4v) is 5.45. The molecule has 1 amide bonds. The van der Waals surface area contributed by atoms with Crippen LogP contribution in [0.3, 0.4) is 0 Å². The van der Waals surface area contributed by atoms with Crippen LogP contribution in [0.1, 0.15) is 37.3 Å². The van der Waals surface area contributed by atoms with Crippen LogP contribution in [-0.4, -0.2) is 63.4 Å². The Morgan fingerprint density at radius 1 is 1.18 bits per heavy atom. The van der Waals surface area contributed by atoms with Crippen molar-refractivity contribution >= 4 is 21.6 Å². The van der Waals surface area contributed by atoms with Crippen molar-refractivity contribution in [1.29, 1.82) is 0 Å². The van der Waals surface area contributed by atoms with E-state index in [0.717, 1.165) is 45.4 Å². The van der Waals surface area contributed by atoms with E-state index < -0.39 is 10.0 Å². The zero-order chi connectivity index (χ0) is 23.8. The molecule has 0 radical (unpaired) electrons. The number of piperidine rings is 1. The molecular formula is C25H36N4O3S. The van der Waals surface area contributed by atoms with E-state index in [0.29, 0.717) is 23.8 Å². The van der Waals surface area contributed by atoms with Gasteiger partial charge >= 0.3 is 0 Å². The van der Waals surface area contributed by atoms with Crippen molar-refractivity contribution in [3.8, 4) is 0 Å². The number of benzene rings is 2. The molecule has 0 saturated carbocycles. The van der Waals surface area contributed by atoms with E-state index in [4.69, 9.17) is 0 Å². The fraction of sp³-hybridized carbons (Fsp3) is 0.480. The van der Waals surface area contributed by atoms with E-state index in [9.17, 15) is 13.2 Å². The van der Waals surface area contributed by atoms with Crippen molar-refractivity contribution in [2.24, 2.45) is 0 Å². The number of carbonyl (C=O) groups is 1. The number of anilines is 1. The van der Waals surface area contributed by atoms with Gasteiger partial charge in [-0.2, -0.15) is 0 Å². The number of hydrogen-bond donors (Lipinski definition) is 2. The average molecular weight is 473 g/mol. The van der Waals surface area contributed by atoms with Gasteiger partial charge in [0.25, 0.3) is 0 Å². The zero-order valence-corrected chi connectivity index (χ0v) is 20.7. The molecule has 0 spiro atoms. The highest BCUT2D eigenvalue weighted by Gasteiger charge is 2.26. The average Bonchev–Trinajstić information content (AvgIpc) is 2.81. The molecule has 1 unspecified atom stereocenters. The largest absolute Gasteiger partial charge is 0.325 e. The molecule has 7 nitrogen and oxygen atoms in total. The lowest BCUT2D eigenvalue weighted by Crippen LogP contribution is -2.50. The van der Waals surface area contributed by atoms with Crippen molar-refractivity contribution in [3.05, 3.63) is 59.7 Å². The topological polar surface area (TPSA) is 81.8 Å². The van der Waals surface area contributed by atoms with Crippen LogP contribution in [0, 0.1) is 6.92 Å². The molecule has 2 N–H and O–H groups in total. The predicted octanol–water partition coefficient (Wildman–Crippen LogP) is 3.22. The lowest BCUT2D eigenvalue weighted by Gasteiger charge is -2.39. The van der Waals surface area contributed by atoms with Crippen LogP contribution in [0.2, 0.25) is 0 Å². The zero-order valence-electron chi connectivity index (χ0n) is 19.9. The van der Waals surface area contributed by atoms with Crippen molar-refractivity contribution in [3.63, 3.8) is 0 Å². The van der Waals surface area contributed by atoms with E-state index in [-0.39, 0.29) is 10.8 Å². The summed E-state index contributed by atoms with van der Waals surface area (Å²) in [6.45, 7) is 7.95. The molecule has 0 aromatic heterocycles. The number of amides is 1. The standard InChI is InChI=1S/C25H36N4O3S/c1-4-14-29(23-11-8-15-28(18-23)17-21-9-6-5-7-10-21)19-25(30)27-22-13-12-20(2)24(16-22)33(31,32)26-3/h5-7,9-10,12-13,16,23,26H,4,8,11,14-15,17-19H2,1-3H3,(H,27,30). The van der Waals surface area contributed by atoms with Gasteiger partial charge in [-0.25, -0.2) is 13.1 Å². The van der Waals surface area contributed by atoms with Crippen molar-refractivity contribution in [2.75, 3.05) is 38.5 Å². The molecule has 1 heterocycles. The Morgan fingerprint density at radius 3 is 2.64 bits per heavy atom. The van der Waals surface area contributed by atoms with Crippen LogP contribution in [-0.2, 0) is 21.4 Å². The number of aryl methyl sites for hydroxylation is 1. The predicted molar refractivity (Wildman–Crippen MR) is 133 cm³/mol. The highest BCUT2D eigenvalue weighted by atomic mass is 32.2. The molecule has 3 rings (SSSR count). The first-order chi connectivity index (χ1) is 15.8. The smallest absolute Gasteiger partial charge is 0.240 e. The van der Waals surface area contributed by atoms with Gasteiger partial charge in [-0.3, -0.25) is 14.6 Å². The van der Waals surface area contributed by atoms with Crippen LogP contribution in [0.4, 0.5) is 5.69 Å². The Kier molecular flexibility index (Phi) is 9.02. The summed E-state index contributed by atoms with van der Waals surface area (Å²) in [4.78, 5) is 17.8. The van der Waals surface area contributed by atoms with Gasteiger partial charge in [-0.05, 0) is 69.6 Å². The van der Waals surface area contributed by atoms with Gasteiger partial charge in [0.05, 0.1) is 11.4 Å². The Labute approximate surface area is 198 Å². The Morgan fingerprint density at radius 2 is 1.94 bits per heavy atom. The van der Waals surface area contributed by atoms with Crippen LogP contribution >= 0.6 is 0 Å². The minimum atomic E-state index is -3.59. The third-order valence-electron chi connectivity index (χ3n) is 6.13. The summed E-state index contributed by atoms with van der Waals surface area (Å²) >= 11 is 0. The van der Waals surface area contributed by atoms with Crippen LogP contribution in [0.25, 0.3) is 0 Å². The van der Waals surface area contributed by atoms with Gasteiger partial charge in [0.2, 0.25) is 15.9 Å². The monoisotopic (exact) mass is 472 g/mol. The number of hydrogen-bond acceptors (Lipinski definition) is 5. The number of likely N-dealkylation sites (tertiary alicyclic amines) is 1. The summed E-state index contributed by atoms with van der Waals surface area (Å²) in [7, 11) is -2.20. The molecular weight excluding hydrogens is 436 g/mol. The normalized spacial score (nSPS) is 17.3. The summed E-state index contributed by atoms with van der Waals surface area (Å²) in [6, 6.07) is 15.8. The maximum atomic E-state index is 12.9. The third kappa shape index (κ3) is 7.11. The van der Waals surface area contributed by atoms with E-state index in [2.05, 4.69) is 51.0 Å². The SMILES string of the molecule is CCCN(CC(=O)Nc1ccc(C)c(S(=O)(=O)NC)c1)C1CCCN(Cc2ccccc2)C1. The minimum Gasteiger partial charge on any atom is -0.325 e. The van der Waals surface area contributed by atoms with E-state index in [1.54, 1.807) is 19.1 Å². The van der Waals surface area contributed by atoms with Crippen molar-refractivity contribution in [2.45, 2.75) is 50.6 Å². The summed E-state index contributed by atoms with van der Waals surface area (Å²) in [5.41, 5.74) is 2.44. The maximum Gasteiger partial charge on any atom is 0.240 e. The summed E-state index contributed by atoms with van der Waals surface area (Å²) in [6.07, 6.45) is 3.16. The van der Waals surface area contributed by atoms with E-state index in [1.807, 2.05) is 6.07 Å². The van der Waals surface area contributed by atoms with Gasteiger partial charge in [0.1, 0.15) is 0 Å². The molecule has 180 valence electrons. The fourth-order valence-electron chi connectivity index (χ4n) is 4.45. The molecule has 0 aliphatic carbocycles. The number of nitrogens with zero attached hydrogens (tertiary/aromatic N) is 2. The number of carbonyl (C=O) groups excluding carboxylic acids is 1. The second-order valence-electron chi connectivity index (χ2n) is 8.72. The van der Waals surface area contributed by atoms with Crippen molar-refractivity contribution in [1.82, 2.24) is 14.5 Å². The van der Waals surface area contributed by atoms with Crippen LogP contribution in [0.15, 0.2) is 53.4 Å². The summed E-state index contributed by atoms with van der Waals surface area (Å²) < 4.78 is 26.8. The third-order valence-corrected chi connectivity index (χ3v) is 7.69. The molecule has 1 fully saturated rings. The first kappa shape index (κ1) is 25.4. The number of rotatable bonds is 10. The lowest BCUT2D eigenvalue weighted by molar-refractivity contribution is -0.118. The number of sulfonamides is 1. The van der Waals surface area contributed by atoms with Gasteiger partial charge in [-0.1, -0.05) is 43.3 Å². The van der Waals surface area contributed by atoms with Gasteiger partial charge < -0.3 is 5.32 Å². The van der Waals surface area contributed by atoms with Crippen molar-refractivity contribution < 1.29 is 13.2 Å². The van der Waals surface area contributed by atoms with E-state index in [1.165, 1.54) is 18.7 Å². The van der Waals surface area contributed by atoms with E-state index >= 15 is 0 Å². The molecule has 1 atom stereocenters. The quantitative estimate of drug-likeness (QED) is 0.555. The molecule has 0 bridgehead atoms. The lowest BCUT2D eigenvalue weighted by atomic mass is 10.0. The van der Waals surface area contributed by atoms with Crippen LogP contribution in [0.5, 0.6) is 0 Å². The first-order valence-corrected chi connectivity index (χ1v) is 13.1. The number of nitrogens with one attached hydrogen (secondary N) is 2. The highest BCUT2D eigenvalue weighted by Crippen LogP contribution is 2.21. The highest BCUT2D eigenvalue weighted by molar-refractivity contribution is 7.89. The van der Waals surface area contributed by atoms with Crippen LogP contribution < -0.4 is 10.0 Å². The molecule has 1 saturated heterocycles. The molecule has 33 heavy (non-hydrogen) atoms. The molecule has 2 aromatic carbocycles. The first-order valence-electron chi connectivity index (χ1n) is 11.7. The molecule has 1 aliphatic heterocycles. The Balaban J connectivity index is 1.64. The molecule has 8 heteroatoms. The Hall–Kier alpha value is -2.26. The summed E-state index contributed by atoms with van der Waals surface area (Å²) in [5, 5.41) is 2.90. The maximum absolute atomic E-state index is 12.9. The Bertz CT molecular complexity index is 1030. The van der Waals surface area contributed by atoms with Gasteiger partial charge in [-0.15, -0.1) is 0 Å². The van der Waals surface area contributed by atoms with Gasteiger partial charge in [0, 0.05) is 24.8 Å². The molecule has 2 aromatic rings.